The maximum Gasteiger partial charge on any atom is 0.360 e. The lowest BCUT2D eigenvalue weighted by molar-refractivity contribution is 0.0585. The van der Waals surface area contributed by atoms with Gasteiger partial charge in [0.2, 0.25) is 0 Å². The molecule has 0 aliphatic rings. The zero-order chi connectivity index (χ0) is 8.43. The highest BCUT2D eigenvalue weighted by atomic mass is 16.5. The van der Waals surface area contributed by atoms with Crippen LogP contribution in [0.3, 0.4) is 0 Å². The second-order valence-electron chi connectivity index (χ2n) is 1.99. The minimum Gasteiger partial charge on any atom is -0.504 e. The number of aryl methyl sites for hydroxylation is 1. The largest absolute Gasteiger partial charge is 0.504 e. The van der Waals surface area contributed by atoms with Gasteiger partial charge in [0.15, 0.2) is 11.4 Å². The lowest BCUT2D eigenvalue weighted by Crippen LogP contribution is -2.08. The van der Waals surface area contributed by atoms with Crippen LogP contribution >= 0.6 is 0 Å². The average molecular weight is 156 g/mol. The fraction of sp³-hybridized carbons (Fsp3) is 0.333. The van der Waals surface area contributed by atoms with Crippen molar-refractivity contribution < 1.29 is 14.6 Å². The van der Waals surface area contributed by atoms with Gasteiger partial charge in [0.1, 0.15) is 0 Å². The van der Waals surface area contributed by atoms with Crippen LogP contribution in [-0.4, -0.2) is 28.0 Å². The molecule has 1 N–H and O–H groups in total. The first kappa shape index (κ1) is 7.59. The summed E-state index contributed by atoms with van der Waals surface area (Å²) in [7, 11) is 2.79. The van der Waals surface area contributed by atoms with E-state index < -0.39 is 5.97 Å². The lowest BCUT2D eigenvalue weighted by atomic mass is 10.4. The number of methoxy groups -OCH3 is 1. The molecule has 11 heavy (non-hydrogen) atoms. The van der Waals surface area contributed by atoms with Crippen LogP contribution in [0.5, 0.6) is 5.75 Å². The number of carbonyl (C=O) groups excluding carboxylic acids is 1. The van der Waals surface area contributed by atoms with Crippen molar-refractivity contribution in [2.45, 2.75) is 0 Å². The van der Waals surface area contributed by atoms with Crippen LogP contribution in [0.4, 0.5) is 0 Å². The molecule has 0 bridgehead atoms. The number of aromatic nitrogens is 2. The summed E-state index contributed by atoms with van der Waals surface area (Å²) < 4.78 is 5.65. The Labute approximate surface area is 63.2 Å². The van der Waals surface area contributed by atoms with E-state index in [9.17, 15) is 4.79 Å². The van der Waals surface area contributed by atoms with Gasteiger partial charge in [-0.25, -0.2) is 4.79 Å². The van der Waals surface area contributed by atoms with Crippen LogP contribution in [0, 0.1) is 0 Å². The molecular formula is C6H8N2O3. The Morgan fingerprint density at radius 1 is 1.82 bits per heavy atom. The van der Waals surface area contributed by atoms with E-state index in [1.807, 2.05) is 0 Å². The van der Waals surface area contributed by atoms with Crippen molar-refractivity contribution in [2.75, 3.05) is 7.11 Å². The van der Waals surface area contributed by atoms with Crippen LogP contribution < -0.4 is 0 Å². The first-order chi connectivity index (χ1) is 5.16. The van der Waals surface area contributed by atoms with Crippen molar-refractivity contribution in [1.82, 2.24) is 9.78 Å². The molecule has 0 amide bonds. The third kappa shape index (κ3) is 1.17. The third-order valence-corrected chi connectivity index (χ3v) is 1.30. The number of aromatic hydroxyl groups is 1. The Bertz CT molecular complexity index is 260. The van der Waals surface area contributed by atoms with Gasteiger partial charge in [-0.3, -0.25) is 4.68 Å². The second-order valence-corrected chi connectivity index (χ2v) is 1.99. The van der Waals surface area contributed by atoms with Crippen LogP contribution in [0.25, 0.3) is 0 Å². The van der Waals surface area contributed by atoms with E-state index in [0.29, 0.717) is 0 Å². The SMILES string of the molecule is COC(=O)c1c(O)cnn1C. The summed E-state index contributed by atoms with van der Waals surface area (Å²) >= 11 is 0. The fourth-order valence-corrected chi connectivity index (χ4v) is 0.759. The average Bonchev–Trinajstić information content (AvgIpc) is 2.30. The van der Waals surface area contributed by atoms with Crippen molar-refractivity contribution in [2.24, 2.45) is 7.05 Å². The molecule has 5 nitrogen and oxygen atoms in total. The summed E-state index contributed by atoms with van der Waals surface area (Å²) in [6, 6.07) is 0. The van der Waals surface area contributed by atoms with E-state index in [-0.39, 0.29) is 11.4 Å². The van der Waals surface area contributed by atoms with Gasteiger partial charge < -0.3 is 9.84 Å². The first-order valence-corrected chi connectivity index (χ1v) is 2.96. The standard InChI is InChI=1S/C6H8N2O3/c1-8-5(6(10)11-2)4(9)3-7-8/h3,9H,1-2H3. The molecule has 0 spiro atoms. The molecule has 0 aliphatic heterocycles. The Balaban J connectivity index is 3.10. The van der Waals surface area contributed by atoms with E-state index in [2.05, 4.69) is 9.84 Å². The Hall–Kier alpha value is -1.52. The molecule has 5 heteroatoms. The highest BCUT2D eigenvalue weighted by molar-refractivity contribution is 5.90. The third-order valence-electron chi connectivity index (χ3n) is 1.30. The van der Waals surface area contributed by atoms with Crippen LogP contribution in [0.1, 0.15) is 10.5 Å². The second kappa shape index (κ2) is 2.61. The molecule has 0 fully saturated rings. The van der Waals surface area contributed by atoms with Gasteiger partial charge in [-0.15, -0.1) is 0 Å². The molecule has 1 heterocycles. The molecule has 0 saturated heterocycles. The van der Waals surface area contributed by atoms with Gasteiger partial charge in [-0.1, -0.05) is 0 Å². The van der Waals surface area contributed by atoms with Crippen LogP contribution in [0.2, 0.25) is 0 Å². The van der Waals surface area contributed by atoms with Gasteiger partial charge >= 0.3 is 5.97 Å². The summed E-state index contributed by atoms with van der Waals surface area (Å²) in [5.74, 6) is -0.762. The van der Waals surface area contributed by atoms with Crippen LogP contribution in [-0.2, 0) is 11.8 Å². The van der Waals surface area contributed by atoms with Crippen LogP contribution in [0.15, 0.2) is 6.20 Å². The summed E-state index contributed by atoms with van der Waals surface area (Å²) in [6.07, 6.45) is 1.19. The predicted octanol–water partition coefficient (Wildman–Crippen LogP) is -0.0877. The Morgan fingerprint density at radius 3 is 2.82 bits per heavy atom. The molecule has 0 radical (unpaired) electrons. The van der Waals surface area contributed by atoms with Gasteiger partial charge in [-0.05, 0) is 0 Å². The zero-order valence-electron chi connectivity index (χ0n) is 6.24. The van der Waals surface area contributed by atoms with Crippen molar-refractivity contribution in [3.8, 4) is 5.75 Å². The minimum atomic E-state index is -0.595. The molecule has 0 saturated carbocycles. The molecule has 60 valence electrons. The zero-order valence-corrected chi connectivity index (χ0v) is 6.24. The van der Waals surface area contributed by atoms with E-state index >= 15 is 0 Å². The Kier molecular flexibility index (Phi) is 1.80. The predicted molar refractivity (Wildman–Crippen MR) is 36.2 cm³/mol. The maximum atomic E-state index is 10.9. The van der Waals surface area contributed by atoms with Crippen molar-refractivity contribution in [1.29, 1.82) is 0 Å². The minimum absolute atomic E-state index is 0.0625. The van der Waals surface area contributed by atoms with Crippen molar-refractivity contribution >= 4 is 5.97 Å². The summed E-state index contributed by atoms with van der Waals surface area (Å²) in [5.41, 5.74) is 0.0625. The number of esters is 1. The lowest BCUT2D eigenvalue weighted by Gasteiger charge is -1.98. The van der Waals surface area contributed by atoms with E-state index in [1.165, 1.54) is 18.0 Å². The molecule has 1 aromatic heterocycles. The van der Waals surface area contributed by atoms with Gasteiger partial charge in [0.05, 0.1) is 13.3 Å². The van der Waals surface area contributed by atoms with Gasteiger partial charge in [0.25, 0.3) is 0 Å². The molecule has 0 atom stereocenters. The number of rotatable bonds is 1. The smallest absolute Gasteiger partial charge is 0.360 e. The molecule has 1 aromatic rings. The molecule has 0 aromatic carbocycles. The number of hydrogen-bond donors (Lipinski definition) is 1. The van der Waals surface area contributed by atoms with Crippen molar-refractivity contribution in [3.63, 3.8) is 0 Å². The summed E-state index contributed by atoms with van der Waals surface area (Å²) in [5, 5.41) is 12.7. The normalized spacial score (nSPS) is 9.64. The molecule has 1 rings (SSSR count). The summed E-state index contributed by atoms with van der Waals surface area (Å²) in [4.78, 5) is 10.9. The van der Waals surface area contributed by atoms with E-state index in [0.717, 1.165) is 0 Å². The monoisotopic (exact) mass is 156 g/mol. The molecule has 0 aliphatic carbocycles. The topological polar surface area (TPSA) is 64.3 Å². The number of nitrogens with zero attached hydrogens (tertiary/aromatic N) is 2. The number of hydrogen-bond acceptors (Lipinski definition) is 4. The van der Waals surface area contributed by atoms with Gasteiger partial charge in [-0.2, -0.15) is 5.10 Å². The summed E-state index contributed by atoms with van der Waals surface area (Å²) in [6.45, 7) is 0. The van der Waals surface area contributed by atoms with E-state index in [4.69, 9.17) is 5.11 Å². The molecule has 0 unspecified atom stereocenters. The first-order valence-electron chi connectivity index (χ1n) is 2.96. The quantitative estimate of drug-likeness (QED) is 0.577. The number of ether oxygens (including phenoxy) is 1. The molecular weight excluding hydrogens is 148 g/mol. The highest BCUT2D eigenvalue weighted by Gasteiger charge is 2.15. The maximum absolute atomic E-state index is 10.9. The van der Waals surface area contributed by atoms with Crippen molar-refractivity contribution in [3.05, 3.63) is 11.9 Å². The fourth-order valence-electron chi connectivity index (χ4n) is 0.759. The Morgan fingerprint density at radius 2 is 2.45 bits per heavy atom. The van der Waals surface area contributed by atoms with Gasteiger partial charge in [0, 0.05) is 7.05 Å². The number of carbonyl (C=O) groups is 1. The van der Waals surface area contributed by atoms with E-state index in [1.54, 1.807) is 7.05 Å². The highest BCUT2D eigenvalue weighted by Crippen LogP contribution is 2.14.